The maximum absolute atomic E-state index is 9.54. The van der Waals surface area contributed by atoms with Gasteiger partial charge in [0.2, 0.25) is 0 Å². The average molecular weight is 170 g/mol. The zero-order valence-corrected chi connectivity index (χ0v) is 8.05. The summed E-state index contributed by atoms with van der Waals surface area (Å²) in [7, 11) is 1.98. The van der Waals surface area contributed by atoms with Crippen molar-refractivity contribution in [1.82, 2.24) is 0 Å². The summed E-state index contributed by atoms with van der Waals surface area (Å²) in [6.45, 7) is 1.02. The molecule has 0 aliphatic carbocycles. The number of rotatable bonds is 0. The highest BCUT2D eigenvalue weighted by atomic mass is 16.3. The lowest BCUT2D eigenvalue weighted by Crippen LogP contribution is -2.18. The molecular formula is C10H20NO+. The van der Waals surface area contributed by atoms with Gasteiger partial charge in [-0.25, -0.2) is 4.58 Å². The van der Waals surface area contributed by atoms with Crippen LogP contribution in [0.2, 0.25) is 0 Å². The number of hydrogen-bond acceptors (Lipinski definition) is 0. The molecule has 2 heteroatoms. The Balaban J connectivity index is 2.43. The molecule has 1 N–H and O–H groups in total. The molecule has 0 fully saturated rings. The molecule has 70 valence electrons. The molecule has 12 heavy (non-hydrogen) atoms. The fourth-order valence-electron chi connectivity index (χ4n) is 1.66. The third-order valence-corrected chi connectivity index (χ3v) is 2.58. The van der Waals surface area contributed by atoms with Gasteiger partial charge in [-0.1, -0.05) is 19.3 Å². The van der Waals surface area contributed by atoms with Crippen LogP contribution in [0.5, 0.6) is 0 Å². The Labute approximate surface area is 74.9 Å². The van der Waals surface area contributed by atoms with E-state index < -0.39 is 0 Å². The molecule has 2 nitrogen and oxygen atoms in total. The fraction of sp³-hybridized carbons (Fsp3) is 0.900. The molecule has 0 unspecified atom stereocenters. The fourth-order valence-corrected chi connectivity index (χ4v) is 1.66. The summed E-state index contributed by atoms with van der Waals surface area (Å²) >= 11 is 0. The molecule has 1 aliphatic rings. The minimum Gasteiger partial charge on any atom is -0.464 e. The van der Waals surface area contributed by atoms with Gasteiger partial charge < -0.3 is 5.11 Å². The predicted molar refractivity (Wildman–Crippen MR) is 51.0 cm³/mol. The third-order valence-electron chi connectivity index (χ3n) is 2.58. The summed E-state index contributed by atoms with van der Waals surface area (Å²) < 4.78 is 1.99. The van der Waals surface area contributed by atoms with E-state index in [4.69, 9.17) is 0 Å². The van der Waals surface area contributed by atoms with Gasteiger partial charge in [0, 0.05) is 6.42 Å². The first kappa shape index (κ1) is 9.56. The van der Waals surface area contributed by atoms with Gasteiger partial charge in [0.1, 0.15) is 13.6 Å². The lowest BCUT2D eigenvalue weighted by Gasteiger charge is -2.05. The van der Waals surface area contributed by atoms with Crippen molar-refractivity contribution in [1.29, 1.82) is 0 Å². The first-order chi connectivity index (χ1) is 5.80. The van der Waals surface area contributed by atoms with Crippen LogP contribution in [0.25, 0.3) is 0 Å². The van der Waals surface area contributed by atoms with Crippen LogP contribution < -0.4 is 0 Å². The minimum atomic E-state index is 0.580. The summed E-state index contributed by atoms with van der Waals surface area (Å²) in [5.74, 6) is 0.580. The van der Waals surface area contributed by atoms with E-state index in [1.54, 1.807) is 0 Å². The van der Waals surface area contributed by atoms with Gasteiger partial charge in [-0.05, 0) is 12.8 Å². The quantitative estimate of drug-likeness (QED) is 0.554. The highest BCUT2D eigenvalue weighted by Crippen LogP contribution is 2.09. The first-order valence-corrected chi connectivity index (χ1v) is 5.06. The summed E-state index contributed by atoms with van der Waals surface area (Å²) in [5, 5.41) is 9.54. The Kier molecular flexibility index (Phi) is 4.12. The van der Waals surface area contributed by atoms with E-state index in [0.29, 0.717) is 5.90 Å². The zero-order valence-electron chi connectivity index (χ0n) is 8.05. The van der Waals surface area contributed by atoms with E-state index in [9.17, 15) is 5.11 Å². The van der Waals surface area contributed by atoms with Gasteiger partial charge in [-0.15, -0.1) is 0 Å². The van der Waals surface area contributed by atoms with Gasteiger partial charge in [0.25, 0.3) is 0 Å². The third kappa shape index (κ3) is 3.24. The zero-order chi connectivity index (χ0) is 8.81. The molecule has 1 aliphatic heterocycles. The van der Waals surface area contributed by atoms with Gasteiger partial charge in [-0.2, -0.15) is 0 Å². The smallest absolute Gasteiger partial charge is 0.333 e. The molecule has 0 atom stereocenters. The van der Waals surface area contributed by atoms with Crippen molar-refractivity contribution in [3.63, 3.8) is 0 Å². The Morgan fingerprint density at radius 3 is 2.33 bits per heavy atom. The first-order valence-electron chi connectivity index (χ1n) is 5.06. The molecule has 0 saturated heterocycles. The summed E-state index contributed by atoms with van der Waals surface area (Å²) in [6, 6.07) is 0. The van der Waals surface area contributed by atoms with E-state index in [-0.39, 0.29) is 0 Å². The summed E-state index contributed by atoms with van der Waals surface area (Å²) in [6.07, 6.45) is 8.55. The van der Waals surface area contributed by atoms with Gasteiger partial charge in [0.05, 0.1) is 6.42 Å². The van der Waals surface area contributed by atoms with Gasteiger partial charge >= 0.3 is 5.90 Å². The van der Waals surface area contributed by atoms with E-state index in [2.05, 4.69) is 0 Å². The van der Waals surface area contributed by atoms with Crippen LogP contribution in [0.3, 0.4) is 0 Å². The Morgan fingerprint density at radius 2 is 1.58 bits per heavy atom. The van der Waals surface area contributed by atoms with Crippen LogP contribution in [0.1, 0.15) is 44.9 Å². The molecular weight excluding hydrogens is 150 g/mol. The van der Waals surface area contributed by atoms with E-state index in [0.717, 1.165) is 19.4 Å². The Bertz CT molecular complexity index is 145. The second-order valence-corrected chi connectivity index (χ2v) is 3.71. The van der Waals surface area contributed by atoms with Crippen LogP contribution in [-0.4, -0.2) is 29.2 Å². The molecule has 0 aromatic carbocycles. The lowest BCUT2D eigenvalue weighted by atomic mass is 10.1. The van der Waals surface area contributed by atoms with E-state index in [1.165, 1.54) is 32.1 Å². The number of hydrogen-bond donors (Lipinski definition) is 1. The predicted octanol–water partition coefficient (Wildman–Crippen LogP) is 2.33. The standard InChI is InChI=1S/C10H19NO/c1-11-9-7-5-3-2-4-6-8-10(11)12/h2-9H2,1H3/p+1. The molecule has 0 spiro atoms. The SMILES string of the molecule is C[N+]1=C(O)CCCCCCCC1. The molecule has 0 bridgehead atoms. The molecule has 0 saturated carbocycles. The molecule has 0 amide bonds. The van der Waals surface area contributed by atoms with Crippen molar-refractivity contribution in [3.05, 3.63) is 0 Å². The van der Waals surface area contributed by atoms with Crippen LogP contribution in [-0.2, 0) is 0 Å². The largest absolute Gasteiger partial charge is 0.464 e. The van der Waals surface area contributed by atoms with Gasteiger partial charge in [-0.3, -0.25) is 0 Å². The molecule has 1 heterocycles. The molecule has 0 radical (unpaired) electrons. The summed E-state index contributed by atoms with van der Waals surface area (Å²) in [4.78, 5) is 0. The highest BCUT2D eigenvalue weighted by molar-refractivity contribution is 5.68. The molecule has 1 rings (SSSR count). The highest BCUT2D eigenvalue weighted by Gasteiger charge is 2.09. The maximum Gasteiger partial charge on any atom is 0.333 e. The second-order valence-electron chi connectivity index (χ2n) is 3.71. The van der Waals surface area contributed by atoms with E-state index in [1.807, 2.05) is 11.6 Å². The Morgan fingerprint density at radius 1 is 1.00 bits per heavy atom. The molecule has 0 aromatic rings. The lowest BCUT2D eigenvalue weighted by molar-refractivity contribution is -0.507. The van der Waals surface area contributed by atoms with Crippen LogP contribution in [0.15, 0.2) is 0 Å². The van der Waals surface area contributed by atoms with Crippen LogP contribution in [0, 0.1) is 0 Å². The van der Waals surface area contributed by atoms with Crippen molar-refractivity contribution in [2.75, 3.05) is 13.6 Å². The van der Waals surface area contributed by atoms with Crippen LogP contribution >= 0.6 is 0 Å². The topological polar surface area (TPSA) is 23.2 Å². The average Bonchev–Trinajstić information content (AvgIpc) is 2.08. The van der Waals surface area contributed by atoms with Crippen molar-refractivity contribution in [2.24, 2.45) is 0 Å². The van der Waals surface area contributed by atoms with Crippen molar-refractivity contribution in [3.8, 4) is 0 Å². The number of nitrogens with zero attached hydrogens (tertiary/aromatic N) is 1. The van der Waals surface area contributed by atoms with Crippen LogP contribution in [0.4, 0.5) is 0 Å². The molecule has 0 aromatic heterocycles. The monoisotopic (exact) mass is 170 g/mol. The van der Waals surface area contributed by atoms with Crippen molar-refractivity contribution >= 4 is 5.90 Å². The van der Waals surface area contributed by atoms with Gasteiger partial charge in [0.15, 0.2) is 0 Å². The summed E-state index contributed by atoms with van der Waals surface area (Å²) in [5.41, 5.74) is 0. The number of aliphatic hydroxyl groups is 1. The van der Waals surface area contributed by atoms with Crippen molar-refractivity contribution in [2.45, 2.75) is 44.9 Å². The Hall–Kier alpha value is -0.530. The minimum absolute atomic E-state index is 0.580. The normalized spacial score (nSPS) is 22.4. The number of aliphatic hydroxyl groups excluding tert-OH is 1. The van der Waals surface area contributed by atoms with E-state index >= 15 is 0 Å². The van der Waals surface area contributed by atoms with Crippen molar-refractivity contribution < 1.29 is 9.68 Å². The second kappa shape index (κ2) is 5.18. The maximum atomic E-state index is 9.54.